The van der Waals surface area contributed by atoms with Crippen molar-refractivity contribution >= 4 is 11.8 Å². The average Bonchev–Trinajstić information content (AvgIpc) is 3.00. The smallest absolute Gasteiger partial charge is 0.251 e. The van der Waals surface area contributed by atoms with Crippen molar-refractivity contribution in [2.75, 3.05) is 13.1 Å². The Labute approximate surface area is 141 Å². The Balaban J connectivity index is 1.84. The topological polar surface area (TPSA) is 86.6 Å². The largest absolute Gasteiger partial charge is 0.391 e. The van der Waals surface area contributed by atoms with E-state index in [1.165, 1.54) is 0 Å². The summed E-state index contributed by atoms with van der Waals surface area (Å²) in [5, 5.41) is 10.2. The van der Waals surface area contributed by atoms with Gasteiger partial charge in [0.15, 0.2) is 5.82 Å². The number of amides is 2. The van der Waals surface area contributed by atoms with E-state index < -0.39 is 17.7 Å². The number of rotatable bonds is 4. The fourth-order valence-electron chi connectivity index (χ4n) is 3.80. The van der Waals surface area contributed by atoms with Gasteiger partial charge in [-0.05, 0) is 25.8 Å². The highest BCUT2D eigenvalue weighted by Gasteiger charge is 2.61. The van der Waals surface area contributed by atoms with Gasteiger partial charge < -0.3 is 14.9 Å². The second-order valence-corrected chi connectivity index (χ2v) is 7.01. The number of β-lactam (4-membered cyclic amide) rings is 1. The molecule has 0 radical (unpaired) electrons. The van der Waals surface area contributed by atoms with E-state index in [-0.39, 0.29) is 17.7 Å². The highest BCUT2D eigenvalue weighted by atomic mass is 16.3. The maximum Gasteiger partial charge on any atom is 0.251 e. The van der Waals surface area contributed by atoms with Crippen molar-refractivity contribution < 1.29 is 14.7 Å². The molecule has 3 atom stereocenters. The van der Waals surface area contributed by atoms with E-state index in [2.05, 4.69) is 9.97 Å². The predicted molar refractivity (Wildman–Crippen MR) is 86.7 cm³/mol. The van der Waals surface area contributed by atoms with E-state index in [4.69, 9.17) is 0 Å². The Kier molecular flexibility index (Phi) is 4.29. The minimum Gasteiger partial charge on any atom is -0.391 e. The summed E-state index contributed by atoms with van der Waals surface area (Å²) in [4.78, 5) is 37.2. The van der Waals surface area contributed by atoms with Crippen LogP contribution >= 0.6 is 0 Å². The first-order valence-electron chi connectivity index (χ1n) is 8.46. The van der Waals surface area contributed by atoms with Crippen LogP contribution in [0.2, 0.25) is 0 Å². The molecule has 3 heterocycles. The highest BCUT2D eigenvalue weighted by molar-refractivity contribution is 5.97. The molecule has 0 bridgehead atoms. The molecule has 1 N–H and O–H groups in total. The third-order valence-electron chi connectivity index (χ3n) is 4.98. The Hall–Kier alpha value is -2.02. The molecule has 3 unspecified atom stereocenters. The second kappa shape index (κ2) is 6.12. The van der Waals surface area contributed by atoms with Gasteiger partial charge in [-0.15, -0.1) is 0 Å². The van der Waals surface area contributed by atoms with Gasteiger partial charge in [0.05, 0.1) is 12.6 Å². The molecule has 2 fully saturated rings. The van der Waals surface area contributed by atoms with Crippen LogP contribution in [0.4, 0.5) is 0 Å². The van der Waals surface area contributed by atoms with Crippen molar-refractivity contribution in [3.63, 3.8) is 0 Å². The van der Waals surface area contributed by atoms with E-state index in [1.54, 1.807) is 35.2 Å². The monoisotopic (exact) mass is 332 g/mol. The molecule has 24 heavy (non-hydrogen) atoms. The lowest BCUT2D eigenvalue weighted by Gasteiger charge is -2.54. The molecule has 1 aromatic heterocycles. The number of likely N-dealkylation sites (tertiary alicyclic amines) is 2. The summed E-state index contributed by atoms with van der Waals surface area (Å²) in [6, 6.07) is 1.11. The molecule has 7 nitrogen and oxygen atoms in total. The number of carbonyl (C=O) groups is 2. The van der Waals surface area contributed by atoms with Gasteiger partial charge in [0, 0.05) is 24.9 Å². The zero-order valence-corrected chi connectivity index (χ0v) is 14.3. The number of hydrogen-bond donors (Lipinski definition) is 1. The zero-order valence-electron chi connectivity index (χ0n) is 14.3. The van der Waals surface area contributed by atoms with Crippen molar-refractivity contribution in [3.8, 4) is 0 Å². The van der Waals surface area contributed by atoms with E-state index in [0.29, 0.717) is 25.3 Å². The second-order valence-electron chi connectivity index (χ2n) is 7.01. The van der Waals surface area contributed by atoms with Crippen molar-refractivity contribution in [1.82, 2.24) is 19.8 Å². The summed E-state index contributed by atoms with van der Waals surface area (Å²) in [5.74, 6) is 0.208. The minimum absolute atomic E-state index is 0.0186. The third kappa shape index (κ3) is 2.47. The Bertz CT molecular complexity index is 634. The maximum absolute atomic E-state index is 13.0. The number of aliphatic hydroxyl groups excluding tert-OH is 1. The molecule has 2 saturated heterocycles. The van der Waals surface area contributed by atoms with E-state index in [9.17, 15) is 14.7 Å². The summed E-state index contributed by atoms with van der Waals surface area (Å²) < 4.78 is 0. The number of aromatic nitrogens is 2. The minimum atomic E-state index is -0.788. The lowest BCUT2D eigenvalue weighted by molar-refractivity contribution is -0.176. The fourth-order valence-corrected chi connectivity index (χ4v) is 3.80. The van der Waals surface area contributed by atoms with Gasteiger partial charge in [-0.1, -0.05) is 13.8 Å². The molecule has 3 rings (SSSR count). The molecular weight excluding hydrogens is 308 g/mol. The standard InChI is InChI=1S/C17H24N4O3/c1-11(2)15(23)21-9-4-6-17(21)10-20(16(17)24)13(12(3)22)14-18-7-5-8-19-14/h5,7-8,11-13,22H,4,6,9-10H2,1-3H3. The van der Waals surface area contributed by atoms with Gasteiger partial charge in [0.1, 0.15) is 11.6 Å². The van der Waals surface area contributed by atoms with Crippen LogP contribution < -0.4 is 0 Å². The first-order valence-corrected chi connectivity index (χ1v) is 8.46. The summed E-state index contributed by atoms with van der Waals surface area (Å²) in [5.41, 5.74) is -0.733. The molecule has 2 amide bonds. The number of nitrogens with zero attached hydrogens (tertiary/aromatic N) is 4. The van der Waals surface area contributed by atoms with Crippen LogP contribution in [0.3, 0.4) is 0 Å². The molecule has 0 aromatic carbocycles. The van der Waals surface area contributed by atoms with Crippen LogP contribution in [-0.2, 0) is 9.59 Å². The summed E-state index contributed by atoms with van der Waals surface area (Å²) in [7, 11) is 0. The molecule has 2 aliphatic heterocycles. The lowest BCUT2D eigenvalue weighted by atomic mass is 9.83. The fraction of sp³-hybridized carbons (Fsp3) is 0.647. The molecular formula is C17H24N4O3. The third-order valence-corrected chi connectivity index (χ3v) is 4.98. The number of aliphatic hydroxyl groups is 1. The van der Waals surface area contributed by atoms with Gasteiger partial charge in [0.2, 0.25) is 5.91 Å². The molecule has 0 aliphatic carbocycles. The van der Waals surface area contributed by atoms with Crippen LogP contribution in [0.25, 0.3) is 0 Å². The first kappa shape index (κ1) is 16.8. The van der Waals surface area contributed by atoms with E-state index >= 15 is 0 Å². The Morgan fingerprint density at radius 1 is 1.29 bits per heavy atom. The van der Waals surface area contributed by atoms with Gasteiger partial charge in [-0.2, -0.15) is 0 Å². The van der Waals surface area contributed by atoms with Crippen LogP contribution in [0, 0.1) is 5.92 Å². The quantitative estimate of drug-likeness (QED) is 0.823. The van der Waals surface area contributed by atoms with Crippen molar-refractivity contribution in [3.05, 3.63) is 24.3 Å². The SMILES string of the molecule is CC(C)C(=O)N1CCCC12CN(C(c1ncccn1)C(C)O)C2=O. The molecule has 1 spiro atoms. The average molecular weight is 332 g/mol. The van der Waals surface area contributed by atoms with Crippen molar-refractivity contribution in [2.45, 2.75) is 51.3 Å². The molecule has 0 saturated carbocycles. The van der Waals surface area contributed by atoms with Crippen LogP contribution in [0.1, 0.15) is 45.5 Å². The highest BCUT2D eigenvalue weighted by Crippen LogP contribution is 2.43. The number of carbonyl (C=O) groups excluding carboxylic acids is 2. The molecule has 2 aliphatic rings. The van der Waals surface area contributed by atoms with E-state index in [1.807, 2.05) is 13.8 Å². The maximum atomic E-state index is 13.0. The van der Waals surface area contributed by atoms with Crippen molar-refractivity contribution in [2.24, 2.45) is 5.92 Å². The summed E-state index contributed by atoms with van der Waals surface area (Å²) >= 11 is 0. The summed E-state index contributed by atoms with van der Waals surface area (Å²) in [6.45, 7) is 6.39. The number of hydrogen-bond acceptors (Lipinski definition) is 5. The summed E-state index contributed by atoms with van der Waals surface area (Å²) in [6.07, 6.45) is 3.93. The lowest BCUT2D eigenvalue weighted by Crippen LogP contribution is -2.74. The van der Waals surface area contributed by atoms with Crippen LogP contribution in [0.5, 0.6) is 0 Å². The predicted octanol–water partition coefficient (Wildman–Crippen LogP) is 0.758. The molecule has 1 aromatic rings. The van der Waals surface area contributed by atoms with Crippen LogP contribution in [0.15, 0.2) is 18.5 Å². The van der Waals surface area contributed by atoms with Gasteiger partial charge in [0.25, 0.3) is 5.91 Å². The Morgan fingerprint density at radius 3 is 2.50 bits per heavy atom. The van der Waals surface area contributed by atoms with Gasteiger partial charge in [-0.25, -0.2) is 9.97 Å². The van der Waals surface area contributed by atoms with Crippen molar-refractivity contribution in [1.29, 1.82) is 0 Å². The van der Waals surface area contributed by atoms with Crippen LogP contribution in [-0.4, -0.2) is 61.4 Å². The zero-order chi connectivity index (χ0) is 17.5. The van der Waals surface area contributed by atoms with E-state index in [0.717, 1.165) is 6.42 Å². The van der Waals surface area contributed by atoms with Gasteiger partial charge >= 0.3 is 0 Å². The molecule has 7 heteroatoms. The normalized spacial score (nSPS) is 26.0. The molecule has 130 valence electrons. The Morgan fingerprint density at radius 2 is 1.96 bits per heavy atom. The van der Waals surface area contributed by atoms with Gasteiger partial charge in [-0.3, -0.25) is 9.59 Å². The first-order chi connectivity index (χ1) is 11.4.